The van der Waals surface area contributed by atoms with E-state index in [1.807, 2.05) is 6.07 Å². The van der Waals surface area contributed by atoms with Crippen molar-refractivity contribution in [1.82, 2.24) is 14.9 Å². The van der Waals surface area contributed by atoms with E-state index < -0.39 is 5.91 Å². The van der Waals surface area contributed by atoms with Crippen molar-refractivity contribution in [3.63, 3.8) is 0 Å². The monoisotopic (exact) mass is 271 g/mol. The average molecular weight is 271 g/mol. The van der Waals surface area contributed by atoms with Crippen LogP contribution in [0, 0.1) is 25.2 Å². The van der Waals surface area contributed by atoms with Crippen LogP contribution < -0.4 is 5.32 Å². The third kappa shape index (κ3) is 2.92. The highest BCUT2D eigenvalue weighted by atomic mass is 16.5. The molecule has 2 aromatic heterocycles. The highest BCUT2D eigenvalue weighted by molar-refractivity contribution is 6.09. The number of aryl methyl sites for hydroxylation is 3. The summed E-state index contributed by atoms with van der Waals surface area (Å²) in [5.74, 6) is 0.312. The summed E-state index contributed by atoms with van der Waals surface area (Å²) in [6, 6.07) is 3.44. The van der Waals surface area contributed by atoms with Crippen molar-refractivity contribution in [1.29, 1.82) is 5.26 Å². The van der Waals surface area contributed by atoms with E-state index in [-0.39, 0.29) is 11.4 Å². The van der Waals surface area contributed by atoms with Crippen molar-refractivity contribution >= 4 is 17.8 Å². The second kappa shape index (κ2) is 5.40. The Morgan fingerprint density at radius 1 is 1.55 bits per heavy atom. The fourth-order valence-electron chi connectivity index (χ4n) is 1.67. The van der Waals surface area contributed by atoms with Gasteiger partial charge in [-0.05, 0) is 19.9 Å². The highest BCUT2D eigenvalue weighted by Gasteiger charge is 2.13. The number of carbonyl (C=O) groups is 1. The lowest BCUT2D eigenvalue weighted by Crippen LogP contribution is -2.13. The summed E-state index contributed by atoms with van der Waals surface area (Å²) in [4.78, 5) is 12.0. The number of aromatic nitrogens is 3. The number of anilines is 1. The lowest BCUT2D eigenvalue weighted by molar-refractivity contribution is -0.112. The predicted octanol–water partition coefficient (Wildman–Crippen LogP) is 1.57. The SMILES string of the molecule is Cc1cc(NC(=O)C(C#N)=Cc2cn(C)nc2C)no1. The molecule has 0 spiro atoms. The van der Waals surface area contributed by atoms with Gasteiger partial charge in [0.05, 0.1) is 5.69 Å². The maximum atomic E-state index is 12.0. The summed E-state index contributed by atoms with van der Waals surface area (Å²) < 4.78 is 6.46. The number of hydrogen-bond acceptors (Lipinski definition) is 5. The van der Waals surface area contributed by atoms with Gasteiger partial charge in [-0.2, -0.15) is 10.4 Å². The van der Waals surface area contributed by atoms with Crippen LogP contribution in [0.2, 0.25) is 0 Å². The van der Waals surface area contributed by atoms with E-state index in [0.717, 1.165) is 11.3 Å². The molecular formula is C13H13N5O2. The van der Waals surface area contributed by atoms with Crippen LogP contribution in [0.4, 0.5) is 5.82 Å². The van der Waals surface area contributed by atoms with E-state index in [9.17, 15) is 4.79 Å². The molecule has 1 amide bonds. The van der Waals surface area contributed by atoms with Crippen molar-refractivity contribution in [3.05, 3.63) is 34.9 Å². The Kier molecular flexibility index (Phi) is 3.66. The zero-order valence-corrected chi connectivity index (χ0v) is 11.3. The molecule has 2 rings (SSSR count). The Hall–Kier alpha value is -2.88. The molecule has 7 heteroatoms. The van der Waals surface area contributed by atoms with Gasteiger partial charge in [0.1, 0.15) is 17.4 Å². The van der Waals surface area contributed by atoms with Gasteiger partial charge < -0.3 is 9.84 Å². The molecule has 0 unspecified atom stereocenters. The molecule has 0 fully saturated rings. The first-order valence-corrected chi connectivity index (χ1v) is 5.86. The average Bonchev–Trinajstić information content (AvgIpc) is 2.92. The Morgan fingerprint density at radius 3 is 2.80 bits per heavy atom. The van der Waals surface area contributed by atoms with Gasteiger partial charge in [-0.3, -0.25) is 9.48 Å². The number of carbonyl (C=O) groups excluding carboxylic acids is 1. The van der Waals surface area contributed by atoms with Crippen molar-refractivity contribution in [2.75, 3.05) is 5.32 Å². The number of hydrogen-bond donors (Lipinski definition) is 1. The number of nitriles is 1. The largest absolute Gasteiger partial charge is 0.360 e. The van der Waals surface area contributed by atoms with Crippen molar-refractivity contribution < 1.29 is 9.32 Å². The Labute approximate surface area is 115 Å². The number of rotatable bonds is 3. The molecule has 0 aliphatic heterocycles. The quantitative estimate of drug-likeness (QED) is 0.675. The lowest BCUT2D eigenvalue weighted by atomic mass is 10.1. The molecule has 2 heterocycles. The summed E-state index contributed by atoms with van der Waals surface area (Å²) in [5, 5.41) is 19.4. The standard InChI is InChI=1S/C13H13N5O2/c1-8-4-12(17-20-8)15-13(19)10(6-14)5-11-7-18(3)16-9(11)2/h4-5,7H,1-3H3,(H,15,17,19). The third-order valence-electron chi connectivity index (χ3n) is 2.59. The molecule has 102 valence electrons. The maximum absolute atomic E-state index is 12.0. The van der Waals surface area contributed by atoms with Gasteiger partial charge in [0.2, 0.25) is 0 Å². The van der Waals surface area contributed by atoms with Crippen LogP contribution in [0.25, 0.3) is 6.08 Å². The van der Waals surface area contributed by atoms with Gasteiger partial charge in [-0.1, -0.05) is 5.16 Å². The van der Waals surface area contributed by atoms with Gasteiger partial charge in [0, 0.05) is 24.9 Å². The minimum absolute atomic E-state index is 0.0262. The molecule has 0 saturated heterocycles. The molecule has 0 bridgehead atoms. The van der Waals surface area contributed by atoms with E-state index in [1.165, 1.54) is 6.08 Å². The molecule has 0 aliphatic rings. The smallest absolute Gasteiger partial charge is 0.267 e. The summed E-state index contributed by atoms with van der Waals surface area (Å²) in [6.45, 7) is 3.52. The van der Waals surface area contributed by atoms with E-state index in [2.05, 4.69) is 15.6 Å². The Morgan fingerprint density at radius 2 is 2.30 bits per heavy atom. The molecule has 2 aromatic rings. The van der Waals surface area contributed by atoms with Crippen LogP contribution in [-0.4, -0.2) is 20.8 Å². The first-order valence-electron chi connectivity index (χ1n) is 5.86. The Bertz CT molecular complexity index is 717. The van der Waals surface area contributed by atoms with Crippen LogP contribution in [0.5, 0.6) is 0 Å². The first kappa shape index (κ1) is 13.5. The first-order chi connectivity index (χ1) is 9.49. The molecule has 0 saturated carbocycles. The van der Waals surface area contributed by atoms with Crippen molar-refractivity contribution in [2.24, 2.45) is 7.05 Å². The second-order valence-electron chi connectivity index (χ2n) is 4.29. The zero-order chi connectivity index (χ0) is 14.7. The molecule has 0 aliphatic carbocycles. The van der Waals surface area contributed by atoms with Crippen LogP contribution in [0.3, 0.4) is 0 Å². The molecular weight excluding hydrogens is 258 g/mol. The van der Waals surface area contributed by atoms with Crippen molar-refractivity contribution in [2.45, 2.75) is 13.8 Å². The summed E-state index contributed by atoms with van der Waals surface area (Å²) in [5.41, 5.74) is 1.43. The van der Waals surface area contributed by atoms with Crippen LogP contribution in [0.1, 0.15) is 17.0 Å². The maximum Gasteiger partial charge on any atom is 0.267 e. The van der Waals surface area contributed by atoms with Gasteiger partial charge in [0.15, 0.2) is 5.82 Å². The number of nitrogens with one attached hydrogen (secondary N) is 1. The number of nitrogens with zero attached hydrogens (tertiary/aromatic N) is 4. The normalized spacial score (nSPS) is 11.2. The van der Waals surface area contributed by atoms with Gasteiger partial charge in [0.25, 0.3) is 5.91 Å². The van der Waals surface area contributed by atoms with E-state index >= 15 is 0 Å². The topological polar surface area (TPSA) is 96.7 Å². The predicted molar refractivity (Wildman–Crippen MR) is 71.4 cm³/mol. The second-order valence-corrected chi connectivity index (χ2v) is 4.29. The number of amides is 1. The van der Waals surface area contributed by atoms with E-state index in [1.54, 1.807) is 37.8 Å². The minimum atomic E-state index is -0.538. The van der Waals surface area contributed by atoms with Gasteiger partial charge in [-0.15, -0.1) is 0 Å². The van der Waals surface area contributed by atoms with Crippen molar-refractivity contribution in [3.8, 4) is 6.07 Å². The lowest BCUT2D eigenvalue weighted by Gasteiger charge is -1.98. The summed E-state index contributed by atoms with van der Waals surface area (Å²) >= 11 is 0. The van der Waals surface area contributed by atoms with Crippen LogP contribution in [0.15, 0.2) is 22.4 Å². The third-order valence-corrected chi connectivity index (χ3v) is 2.59. The van der Waals surface area contributed by atoms with E-state index in [0.29, 0.717) is 5.76 Å². The highest BCUT2D eigenvalue weighted by Crippen LogP contribution is 2.13. The van der Waals surface area contributed by atoms with Crippen LogP contribution in [-0.2, 0) is 11.8 Å². The molecule has 0 aromatic carbocycles. The molecule has 1 N–H and O–H groups in total. The molecule has 7 nitrogen and oxygen atoms in total. The van der Waals surface area contributed by atoms with E-state index in [4.69, 9.17) is 9.78 Å². The zero-order valence-electron chi connectivity index (χ0n) is 11.3. The van der Waals surface area contributed by atoms with Crippen LogP contribution >= 0.6 is 0 Å². The Balaban J connectivity index is 2.22. The fraction of sp³-hybridized carbons (Fsp3) is 0.231. The van der Waals surface area contributed by atoms with Gasteiger partial charge >= 0.3 is 0 Å². The summed E-state index contributed by atoms with van der Waals surface area (Å²) in [7, 11) is 1.77. The van der Waals surface area contributed by atoms with Gasteiger partial charge in [-0.25, -0.2) is 0 Å². The molecule has 0 radical (unpaired) electrons. The molecule has 0 atom stereocenters. The molecule has 20 heavy (non-hydrogen) atoms. The minimum Gasteiger partial charge on any atom is -0.360 e. The fourth-order valence-corrected chi connectivity index (χ4v) is 1.67. The summed E-state index contributed by atoms with van der Waals surface area (Å²) in [6.07, 6.45) is 3.23.